The van der Waals surface area contributed by atoms with Crippen molar-refractivity contribution in [2.75, 3.05) is 0 Å². The molecule has 0 amide bonds. The van der Waals surface area contributed by atoms with Gasteiger partial charge in [-0.05, 0) is 44.0 Å². The minimum atomic E-state index is -3.76. The lowest BCUT2D eigenvalue weighted by molar-refractivity contribution is -0.147. The van der Waals surface area contributed by atoms with E-state index in [1.54, 1.807) is 26.0 Å². The molecule has 0 fully saturated rings. The molecule has 1 N–H and O–H groups in total. The number of carbonyl (C=O) groups excluding carboxylic acids is 1. The summed E-state index contributed by atoms with van der Waals surface area (Å²) in [6.07, 6.45) is 0.100. The largest absolute Gasteiger partial charge is 0.463 e. The highest BCUT2D eigenvalue weighted by molar-refractivity contribution is 9.10. The summed E-state index contributed by atoms with van der Waals surface area (Å²) in [6.45, 7) is 3.52. The van der Waals surface area contributed by atoms with Gasteiger partial charge in [-0.15, -0.1) is 0 Å². The molecule has 1 atom stereocenters. The van der Waals surface area contributed by atoms with Crippen LogP contribution in [0.2, 0.25) is 0 Å². The van der Waals surface area contributed by atoms with Crippen LogP contribution in [0.5, 0.6) is 0 Å². The Morgan fingerprint density at radius 1 is 1.12 bits per heavy atom. The quantitative estimate of drug-likeness (QED) is 0.636. The van der Waals surface area contributed by atoms with Gasteiger partial charge in [0.15, 0.2) is 0 Å². The van der Waals surface area contributed by atoms with Gasteiger partial charge in [0.2, 0.25) is 10.0 Å². The molecule has 0 heterocycles. The molecule has 0 radical (unpaired) electrons. The first-order chi connectivity index (χ1) is 12.3. The van der Waals surface area contributed by atoms with Crippen LogP contribution in [0.15, 0.2) is 64.0 Å². The summed E-state index contributed by atoms with van der Waals surface area (Å²) < 4.78 is 33.9. The number of hydrogen-bond acceptors (Lipinski definition) is 4. The minimum Gasteiger partial charge on any atom is -0.463 e. The van der Waals surface area contributed by atoms with E-state index in [9.17, 15) is 13.2 Å². The SMILES string of the molecule is CC(C)OC(=O)CC(Cc1ccccc1)NS(=O)(=O)c1cccc(Br)c1. The van der Waals surface area contributed by atoms with Gasteiger partial charge in [-0.25, -0.2) is 13.1 Å². The molecule has 0 saturated heterocycles. The number of esters is 1. The fraction of sp³-hybridized carbons (Fsp3) is 0.316. The van der Waals surface area contributed by atoms with E-state index in [0.717, 1.165) is 5.56 Å². The van der Waals surface area contributed by atoms with Crippen LogP contribution in [0.1, 0.15) is 25.8 Å². The molecular formula is C19H22BrNO4S. The molecule has 2 aromatic rings. The Bertz CT molecular complexity index is 838. The van der Waals surface area contributed by atoms with Gasteiger partial charge in [0.1, 0.15) is 0 Å². The summed E-state index contributed by atoms with van der Waals surface area (Å²) in [4.78, 5) is 12.2. The number of ether oxygens (including phenoxy) is 1. The number of sulfonamides is 1. The number of carbonyl (C=O) groups is 1. The van der Waals surface area contributed by atoms with E-state index in [4.69, 9.17) is 4.74 Å². The summed E-state index contributed by atoms with van der Waals surface area (Å²) in [6, 6.07) is 15.3. The monoisotopic (exact) mass is 439 g/mol. The lowest BCUT2D eigenvalue weighted by Crippen LogP contribution is -2.38. The molecule has 0 aliphatic carbocycles. The Balaban J connectivity index is 2.20. The van der Waals surface area contributed by atoms with E-state index < -0.39 is 22.0 Å². The lowest BCUT2D eigenvalue weighted by Gasteiger charge is -2.19. The van der Waals surface area contributed by atoms with Crippen molar-refractivity contribution in [3.05, 3.63) is 64.6 Å². The predicted molar refractivity (Wildman–Crippen MR) is 104 cm³/mol. The first-order valence-corrected chi connectivity index (χ1v) is 10.5. The maximum Gasteiger partial charge on any atom is 0.307 e. The van der Waals surface area contributed by atoms with Crippen LogP contribution in [0, 0.1) is 0 Å². The topological polar surface area (TPSA) is 72.5 Å². The molecule has 2 rings (SSSR count). The smallest absolute Gasteiger partial charge is 0.307 e. The van der Waals surface area contributed by atoms with E-state index in [2.05, 4.69) is 20.7 Å². The van der Waals surface area contributed by atoms with Crippen LogP contribution in [-0.4, -0.2) is 26.5 Å². The maximum absolute atomic E-state index is 12.7. The number of benzene rings is 2. The molecular weight excluding hydrogens is 418 g/mol. The molecule has 5 nitrogen and oxygen atoms in total. The molecule has 140 valence electrons. The molecule has 0 aliphatic rings. The van der Waals surface area contributed by atoms with Crippen LogP contribution in [0.25, 0.3) is 0 Å². The summed E-state index contributed by atoms with van der Waals surface area (Å²) in [5.74, 6) is -0.433. The standard InChI is InChI=1S/C19H22BrNO4S/c1-14(2)25-19(22)13-17(11-15-7-4-3-5-8-15)21-26(23,24)18-10-6-9-16(20)12-18/h3-10,12,14,17,21H,11,13H2,1-2H3. The van der Waals surface area contributed by atoms with E-state index in [1.807, 2.05) is 30.3 Å². The van der Waals surface area contributed by atoms with Crippen molar-refractivity contribution in [1.29, 1.82) is 0 Å². The van der Waals surface area contributed by atoms with Crippen molar-refractivity contribution < 1.29 is 17.9 Å². The first kappa shape index (κ1) is 20.6. The van der Waals surface area contributed by atoms with Crippen LogP contribution in [-0.2, 0) is 26.0 Å². The molecule has 1 unspecified atom stereocenters. The second kappa shape index (κ2) is 9.30. The zero-order valence-electron chi connectivity index (χ0n) is 14.7. The van der Waals surface area contributed by atoms with Gasteiger partial charge < -0.3 is 4.74 Å². The molecule has 2 aromatic carbocycles. The second-order valence-corrected chi connectivity index (χ2v) is 8.84. The Kier molecular flexibility index (Phi) is 7.37. The summed E-state index contributed by atoms with van der Waals surface area (Å²) in [5.41, 5.74) is 0.937. The zero-order valence-corrected chi connectivity index (χ0v) is 17.1. The highest BCUT2D eigenvalue weighted by Gasteiger charge is 2.24. The maximum atomic E-state index is 12.7. The van der Waals surface area contributed by atoms with Gasteiger partial charge in [0, 0.05) is 10.5 Å². The highest BCUT2D eigenvalue weighted by atomic mass is 79.9. The van der Waals surface area contributed by atoms with Gasteiger partial charge in [0.05, 0.1) is 17.4 Å². The number of rotatable bonds is 8. The van der Waals surface area contributed by atoms with Crippen molar-refractivity contribution in [3.63, 3.8) is 0 Å². The lowest BCUT2D eigenvalue weighted by atomic mass is 10.0. The van der Waals surface area contributed by atoms with Crippen LogP contribution < -0.4 is 4.72 Å². The third kappa shape index (κ3) is 6.55. The van der Waals surface area contributed by atoms with E-state index >= 15 is 0 Å². The Labute approximate surface area is 162 Å². The van der Waals surface area contributed by atoms with Gasteiger partial charge in [-0.3, -0.25) is 4.79 Å². The van der Waals surface area contributed by atoms with Crippen molar-refractivity contribution in [1.82, 2.24) is 4.72 Å². The van der Waals surface area contributed by atoms with Gasteiger partial charge in [-0.1, -0.05) is 52.3 Å². The summed E-state index contributed by atoms with van der Waals surface area (Å²) >= 11 is 3.28. The molecule has 0 aromatic heterocycles. The number of hydrogen-bond donors (Lipinski definition) is 1. The van der Waals surface area contributed by atoms with E-state index in [1.165, 1.54) is 12.1 Å². The van der Waals surface area contributed by atoms with Crippen LogP contribution >= 0.6 is 15.9 Å². The second-order valence-electron chi connectivity index (χ2n) is 6.21. The first-order valence-electron chi connectivity index (χ1n) is 8.27. The van der Waals surface area contributed by atoms with Crippen LogP contribution in [0.3, 0.4) is 0 Å². The van der Waals surface area contributed by atoms with Crippen molar-refractivity contribution in [2.24, 2.45) is 0 Å². The number of halogens is 1. The normalized spacial score (nSPS) is 12.8. The highest BCUT2D eigenvalue weighted by Crippen LogP contribution is 2.18. The number of nitrogens with one attached hydrogen (secondary N) is 1. The molecule has 0 saturated carbocycles. The zero-order chi connectivity index (χ0) is 19.2. The average molecular weight is 440 g/mol. The van der Waals surface area contributed by atoms with Gasteiger partial charge in [-0.2, -0.15) is 0 Å². The molecule has 0 bridgehead atoms. The van der Waals surface area contributed by atoms with Gasteiger partial charge in [0.25, 0.3) is 0 Å². The van der Waals surface area contributed by atoms with E-state index in [0.29, 0.717) is 10.9 Å². The molecule has 7 heteroatoms. The Morgan fingerprint density at radius 3 is 2.42 bits per heavy atom. The third-order valence-electron chi connectivity index (χ3n) is 3.53. The Morgan fingerprint density at radius 2 is 1.81 bits per heavy atom. The predicted octanol–water partition coefficient (Wildman–Crippen LogP) is 3.68. The van der Waals surface area contributed by atoms with Crippen molar-refractivity contribution >= 4 is 31.9 Å². The van der Waals surface area contributed by atoms with Crippen LogP contribution in [0.4, 0.5) is 0 Å². The molecule has 0 spiro atoms. The van der Waals surface area contributed by atoms with Gasteiger partial charge >= 0.3 is 5.97 Å². The summed E-state index contributed by atoms with van der Waals surface area (Å²) in [7, 11) is -3.76. The fourth-order valence-electron chi connectivity index (χ4n) is 2.49. The minimum absolute atomic E-state index is 0.0414. The molecule has 0 aliphatic heterocycles. The Hall–Kier alpha value is -1.70. The third-order valence-corrected chi connectivity index (χ3v) is 5.54. The van der Waals surface area contributed by atoms with Crippen molar-refractivity contribution in [3.8, 4) is 0 Å². The van der Waals surface area contributed by atoms with Crippen molar-refractivity contribution in [2.45, 2.75) is 43.7 Å². The average Bonchev–Trinajstić information content (AvgIpc) is 2.54. The fourth-order valence-corrected chi connectivity index (χ4v) is 4.32. The molecule has 26 heavy (non-hydrogen) atoms. The van der Waals surface area contributed by atoms with E-state index in [-0.39, 0.29) is 17.4 Å². The summed E-state index contributed by atoms with van der Waals surface area (Å²) in [5, 5.41) is 0.